The zero-order valence-electron chi connectivity index (χ0n) is 16.3. The fourth-order valence-electron chi connectivity index (χ4n) is 3.94. The van der Waals surface area contributed by atoms with E-state index in [1.165, 1.54) is 24.1 Å². The second kappa shape index (κ2) is 9.23. The predicted molar refractivity (Wildman–Crippen MR) is 115 cm³/mol. The molecule has 0 aliphatic heterocycles. The summed E-state index contributed by atoms with van der Waals surface area (Å²) in [7, 11) is 4.13. The van der Waals surface area contributed by atoms with E-state index in [0.717, 1.165) is 50.3 Å². The molecule has 1 aromatic heterocycles. The van der Waals surface area contributed by atoms with E-state index in [2.05, 4.69) is 40.9 Å². The van der Waals surface area contributed by atoms with Gasteiger partial charge in [0.1, 0.15) is 5.82 Å². The van der Waals surface area contributed by atoms with Gasteiger partial charge < -0.3 is 20.9 Å². The number of nitrogens with zero attached hydrogens (tertiary/aromatic N) is 3. The smallest absolute Gasteiger partial charge is 0.225 e. The van der Waals surface area contributed by atoms with Crippen molar-refractivity contribution in [2.75, 3.05) is 30.9 Å². The first-order valence-electron chi connectivity index (χ1n) is 9.88. The second-order valence-corrected chi connectivity index (χ2v) is 8.03. The molecular formula is C20H30N6S. The van der Waals surface area contributed by atoms with Crippen molar-refractivity contribution in [1.82, 2.24) is 20.6 Å². The number of anilines is 2. The molecule has 3 N–H and O–H groups in total. The van der Waals surface area contributed by atoms with Crippen LogP contribution in [0.5, 0.6) is 0 Å². The molecule has 1 aromatic rings. The van der Waals surface area contributed by atoms with Crippen molar-refractivity contribution < 1.29 is 0 Å². The molecule has 6 nitrogen and oxygen atoms in total. The van der Waals surface area contributed by atoms with E-state index in [1.807, 2.05) is 0 Å². The number of fused-ring (bicyclic) bond motifs is 1. The molecule has 3 rings (SSSR count). The van der Waals surface area contributed by atoms with E-state index in [1.54, 1.807) is 0 Å². The third kappa shape index (κ3) is 5.23. The number of aryl methyl sites for hydroxylation is 1. The van der Waals surface area contributed by atoms with Crippen molar-refractivity contribution in [1.29, 1.82) is 0 Å². The predicted octanol–water partition coefficient (Wildman–Crippen LogP) is 2.24. The Hall–Kier alpha value is -2.07. The van der Waals surface area contributed by atoms with Crippen LogP contribution in [-0.2, 0) is 12.8 Å². The van der Waals surface area contributed by atoms with Gasteiger partial charge in [-0.25, -0.2) is 4.98 Å². The zero-order chi connectivity index (χ0) is 19.2. The van der Waals surface area contributed by atoms with E-state index in [4.69, 9.17) is 28.6 Å². The molecule has 7 heteroatoms. The lowest BCUT2D eigenvalue weighted by Gasteiger charge is -2.31. The molecule has 2 aliphatic carbocycles. The topological polar surface area (TPSA) is 65.1 Å². The summed E-state index contributed by atoms with van der Waals surface area (Å²) in [5.41, 5.74) is 2.56. The van der Waals surface area contributed by atoms with Crippen molar-refractivity contribution in [3.05, 3.63) is 11.3 Å². The largest absolute Gasteiger partial charge is 0.362 e. The van der Waals surface area contributed by atoms with E-state index in [9.17, 15) is 0 Å². The molecule has 0 spiro atoms. The van der Waals surface area contributed by atoms with Crippen LogP contribution in [0.25, 0.3) is 0 Å². The number of rotatable bonds is 5. The summed E-state index contributed by atoms with van der Waals surface area (Å²) in [6.45, 7) is 0.465. The van der Waals surface area contributed by atoms with Gasteiger partial charge in [0.25, 0.3) is 0 Å². The first kappa shape index (κ1) is 19.7. The van der Waals surface area contributed by atoms with E-state index in [-0.39, 0.29) is 0 Å². The molecule has 0 bridgehead atoms. The Balaban J connectivity index is 1.57. The molecule has 27 heavy (non-hydrogen) atoms. The maximum Gasteiger partial charge on any atom is 0.225 e. The van der Waals surface area contributed by atoms with E-state index in [0.29, 0.717) is 23.7 Å². The minimum Gasteiger partial charge on any atom is -0.362 e. The number of hydrogen-bond donors (Lipinski definition) is 3. The van der Waals surface area contributed by atoms with E-state index < -0.39 is 0 Å². The number of aromatic nitrogens is 2. The minimum atomic E-state index is 0.405. The van der Waals surface area contributed by atoms with Crippen molar-refractivity contribution in [3.63, 3.8) is 0 Å². The Morgan fingerprint density at radius 2 is 1.85 bits per heavy atom. The first-order valence-corrected chi connectivity index (χ1v) is 10.3. The molecule has 1 heterocycles. The molecule has 0 atom stereocenters. The Labute approximate surface area is 167 Å². The first-order chi connectivity index (χ1) is 13.1. The Bertz CT molecular complexity index is 703. The fraction of sp³-hybridized carbons (Fsp3) is 0.650. The highest BCUT2D eigenvalue weighted by Gasteiger charge is 2.24. The molecule has 2 aliphatic rings. The third-order valence-electron chi connectivity index (χ3n) is 5.33. The number of thiocarbonyl (C=S) groups is 1. The summed E-state index contributed by atoms with van der Waals surface area (Å²) in [5.74, 6) is 4.39. The van der Waals surface area contributed by atoms with Gasteiger partial charge in [0.05, 0.1) is 12.2 Å². The van der Waals surface area contributed by atoms with Crippen LogP contribution in [0.15, 0.2) is 0 Å². The van der Waals surface area contributed by atoms with Gasteiger partial charge in [-0.05, 0) is 63.6 Å². The van der Waals surface area contributed by atoms with Crippen LogP contribution < -0.4 is 20.9 Å². The van der Waals surface area contributed by atoms with Gasteiger partial charge in [0.2, 0.25) is 5.95 Å². The highest BCUT2D eigenvalue weighted by molar-refractivity contribution is 7.80. The van der Waals surface area contributed by atoms with Crippen molar-refractivity contribution in [2.45, 2.75) is 63.5 Å². The molecule has 0 unspecified atom stereocenters. The van der Waals surface area contributed by atoms with Crippen LogP contribution in [0.4, 0.5) is 11.8 Å². The van der Waals surface area contributed by atoms with Gasteiger partial charge in [-0.15, -0.1) is 6.42 Å². The van der Waals surface area contributed by atoms with Crippen LogP contribution in [0, 0.1) is 12.3 Å². The quantitative estimate of drug-likeness (QED) is 0.530. The average Bonchev–Trinajstić information content (AvgIpc) is 2.67. The molecule has 0 saturated heterocycles. The van der Waals surface area contributed by atoms with Gasteiger partial charge in [0, 0.05) is 31.7 Å². The SMILES string of the molecule is C#CCNC(=S)N[C@H]1CC[C@@H](Nc2nc3c(c(N(C)C)n2)CCCC3)CC1. The fourth-order valence-corrected chi connectivity index (χ4v) is 4.18. The number of terminal acetylenes is 1. The van der Waals surface area contributed by atoms with Gasteiger partial charge in [-0.2, -0.15) is 4.98 Å². The maximum absolute atomic E-state index is 5.27. The number of nitrogens with one attached hydrogen (secondary N) is 3. The Morgan fingerprint density at radius 1 is 1.15 bits per heavy atom. The molecule has 1 saturated carbocycles. The molecular weight excluding hydrogens is 356 g/mol. The monoisotopic (exact) mass is 386 g/mol. The third-order valence-corrected chi connectivity index (χ3v) is 5.59. The van der Waals surface area contributed by atoms with Crippen molar-refractivity contribution in [2.24, 2.45) is 0 Å². The number of hydrogen-bond acceptors (Lipinski definition) is 5. The average molecular weight is 387 g/mol. The molecule has 146 valence electrons. The summed E-state index contributed by atoms with van der Waals surface area (Å²) >= 11 is 5.27. The van der Waals surface area contributed by atoms with Crippen LogP contribution in [0.3, 0.4) is 0 Å². The lowest BCUT2D eigenvalue weighted by atomic mass is 9.91. The Kier molecular flexibility index (Phi) is 6.73. The summed E-state index contributed by atoms with van der Waals surface area (Å²) in [6.07, 6.45) is 14.2. The molecule has 0 radical (unpaired) electrons. The van der Waals surface area contributed by atoms with Crippen molar-refractivity contribution >= 4 is 29.1 Å². The van der Waals surface area contributed by atoms with Crippen LogP contribution >= 0.6 is 12.2 Å². The van der Waals surface area contributed by atoms with Crippen LogP contribution in [0.1, 0.15) is 49.8 Å². The van der Waals surface area contributed by atoms with Crippen LogP contribution in [0.2, 0.25) is 0 Å². The molecule has 1 fully saturated rings. The van der Waals surface area contributed by atoms with Crippen LogP contribution in [-0.4, -0.2) is 47.8 Å². The summed E-state index contributed by atoms with van der Waals surface area (Å²) in [4.78, 5) is 11.8. The maximum atomic E-state index is 5.27. The lowest BCUT2D eigenvalue weighted by Crippen LogP contribution is -2.44. The zero-order valence-corrected chi connectivity index (χ0v) is 17.2. The second-order valence-electron chi connectivity index (χ2n) is 7.62. The summed E-state index contributed by atoms with van der Waals surface area (Å²) in [6, 6.07) is 0.814. The minimum absolute atomic E-state index is 0.405. The van der Waals surface area contributed by atoms with E-state index >= 15 is 0 Å². The normalized spacial score (nSPS) is 21.5. The molecule has 0 aromatic carbocycles. The van der Waals surface area contributed by atoms with Gasteiger partial charge in [0.15, 0.2) is 5.11 Å². The highest BCUT2D eigenvalue weighted by Crippen LogP contribution is 2.29. The standard InChI is InChI=1S/C20H30N6S/c1-4-13-21-20(27)23-15-11-9-14(10-12-15)22-19-24-17-8-6-5-7-16(17)18(25-19)26(2)3/h1,14-15H,5-13H2,2-3H3,(H2,21,23,27)(H,22,24,25)/t14-,15+. The van der Waals surface area contributed by atoms with Crippen molar-refractivity contribution in [3.8, 4) is 12.3 Å². The summed E-state index contributed by atoms with van der Waals surface area (Å²) in [5, 5.41) is 10.6. The highest BCUT2D eigenvalue weighted by atomic mass is 32.1. The van der Waals surface area contributed by atoms with Gasteiger partial charge in [-0.3, -0.25) is 0 Å². The summed E-state index contributed by atoms with van der Waals surface area (Å²) < 4.78 is 0. The Morgan fingerprint density at radius 3 is 2.56 bits per heavy atom. The lowest BCUT2D eigenvalue weighted by molar-refractivity contribution is 0.385. The van der Waals surface area contributed by atoms with Gasteiger partial charge in [-0.1, -0.05) is 5.92 Å². The van der Waals surface area contributed by atoms with Gasteiger partial charge >= 0.3 is 0 Å². The molecule has 0 amide bonds.